The Kier molecular flexibility index (Phi) is 4.48. The highest BCUT2D eigenvalue weighted by Crippen LogP contribution is 2.28. The van der Waals surface area contributed by atoms with Gasteiger partial charge in [-0.1, -0.05) is 19.3 Å². The molecule has 96 valence electrons. The second-order valence-electron chi connectivity index (χ2n) is 4.12. The summed E-state index contributed by atoms with van der Waals surface area (Å²) < 4.78 is 4.53. The molecular formula is C11H17NO5. The Morgan fingerprint density at radius 1 is 1.24 bits per heavy atom. The molecule has 1 aliphatic carbocycles. The number of carbonyl (C=O) groups is 3. The smallest absolute Gasteiger partial charge is 0.396 e. The van der Waals surface area contributed by atoms with Crippen LogP contribution < -0.4 is 5.32 Å². The third-order valence-corrected chi connectivity index (χ3v) is 2.93. The number of esters is 1. The summed E-state index contributed by atoms with van der Waals surface area (Å²) in [5.41, 5.74) is -1.30. The number of carboxylic acids is 1. The molecule has 17 heavy (non-hydrogen) atoms. The highest BCUT2D eigenvalue weighted by molar-refractivity contribution is 6.33. The Morgan fingerprint density at radius 2 is 1.82 bits per heavy atom. The van der Waals surface area contributed by atoms with Gasteiger partial charge in [-0.3, -0.25) is 4.79 Å². The molecule has 0 bridgehead atoms. The Morgan fingerprint density at radius 3 is 2.29 bits per heavy atom. The Hall–Kier alpha value is -1.59. The van der Waals surface area contributed by atoms with Gasteiger partial charge in [0.1, 0.15) is 5.54 Å². The van der Waals surface area contributed by atoms with Gasteiger partial charge < -0.3 is 15.2 Å². The highest BCUT2D eigenvalue weighted by atomic mass is 16.5. The van der Waals surface area contributed by atoms with E-state index in [9.17, 15) is 19.5 Å². The fourth-order valence-electron chi connectivity index (χ4n) is 2.01. The van der Waals surface area contributed by atoms with Gasteiger partial charge in [0.2, 0.25) is 0 Å². The topological polar surface area (TPSA) is 92.7 Å². The lowest BCUT2D eigenvalue weighted by molar-refractivity contribution is -0.158. The molecule has 0 radical (unpaired) electrons. The SMILES string of the molecule is CCOC(=O)C(=O)NC1(C(=O)O)CCCCC1. The summed E-state index contributed by atoms with van der Waals surface area (Å²) in [5.74, 6) is -3.09. The third-order valence-electron chi connectivity index (χ3n) is 2.93. The Labute approximate surface area is 99.3 Å². The van der Waals surface area contributed by atoms with Crippen molar-refractivity contribution in [1.29, 1.82) is 0 Å². The van der Waals surface area contributed by atoms with Crippen LogP contribution in [0.5, 0.6) is 0 Å². The summed E-state index contributed by atoms with van der Waals surface area (Å²) in [6.07, 6.45) is 3.12. The minimum absolute atomic E-state index is 0.0896. The van der Waals surface area contributed by atoms with Crippen molar-refractivity contribution in [3.05, 3.63) is 0 Å². The first-order chi connectivity index (χ1) is 8.02. The first-order valence-corrected chi connectivity index (χ1v) is 5.74. The first-order valence-electron chi connectivity index (χ1n) is 5.74. The molecule has 1 aliphatic rings. The van der Waals surface area contributed by atoms with Crippen molar-refractivity contribution in [2.75, 3.05) is 6.61 Å². The quantitative estimate of drug-likeness (QED) is 0.554. The molecule has 1 rings (SSSR count). The maximum Gasteiger partial charge on any atom is 0.396 e. The van der Waals surface area contributed by atoms with Crippen molar-refractivity contribution in [2.45, 2.75) is 44.6 Å². The molecule has 0 aromatic rings. The van der Waals surface area contributed by atoms with Gasteiger partial charge in [0.05, 0.1) is 6.61 Å². The molecule has 0 aromatic heterocycles. The van der Waals surface area contributed by atoms with Crippen LogP contribution in [-0.2, 0) is 19.1 Å². The van der Waals surface area contributed by atoms with E-state index in [4.69, 9.17) is 0 Å². The van der Waals surface area contributed by atoms with E-state index in [2.05, 4.69) is 10.1 Å². The minimum Gasteiger partial charge on any atom is -0.480 e. The Bertz CT molecular complexity index is 320. The van der Waals surface area contributed by atoms with E-state index < -0.39 is 23.4 Å². The lowest BCUT2D eigenvalue weighted by atomic mass is 9.81. The zero-order valence-corrected chi connectivity index (χ0v) is 9.82. The molecule has 0 heterocycles. The number of ether oxygens (including phenoxy) is 1. The van der Waals surface area contributed by atoms with Gasteiger partial charge in [-0.05, 0) is 19.8 Å². The van der Waals surface area contributed by atoms with E-state index in [-0.39, 0.29) is 6.61 Å². The summed E-state index contributed by atoms with van der Waals surface area (Å²) >= 11 is 0. The van der Waals surface area contributed by atoms with Crippen molar-refractivity contribution >= 4 is 17.8 Å². The van der Waals surface area contributed by atoms with Gasteiger partial charge in [0.25, 0.3) is 0 Å². The zero-order chi connectivity index (χ0) is 12.9. The van der Waals surface area contributed by atoms with Crippen molar-refractivity contribution < 1.29 is 24.2 Å². The summed E-state index contributed by atoms with van der Waals surface area (Å²) in [7, 11) is 0. The molecule has 6 heteroatoms. The molecule has 2 N–H and O–H groups in total. The van der Waals surface area contributed by atoms with E-state index in [1.165, 1.54) is 0 Å². The van der Waals surface area contributed by atoms with Crippen LogP contribution in [-0.4, -0.2) is 35.1 Å². The van der Waals surface area contributed by atoms with E-state index in [1.54, 1.807) is 6.92 Å². The predicted octanol–water partition coefficient (Wildman–Crippen LogP) is 0.453. The number of amides is 1. The summed E-state index contributed by atoms with van der Waals surface area (Å²) in [6.45, 7) is 1.67. The molecule has 0 aliphatic heterocycles. The molecule has 6 nitrogen and oxygen atoms in total. The maximum atomic E-state index is 11.5. The molecule has 0 saturated heterocycles. The molecule has 1 fully saturated rings. The number of aliphatic carboxylic acids is 1. The molecule has 0 aromatic carbocycles. The minimum atomic E-state index is -1.30. The number of hydrogen-bond donors (Lipinski definition) is 2. The maximum absolute atomic E-state index is 11.5. The van der Waals surface area contributed by atoms with Gasteiger partial charge in [-0.15, -0.1) is 0 Å². The van der Waals surface area contributed by atoms with Crippen molar-refractivity contribution in [3.8, 4) is 0 Å². The Balaban J connectivity index is 2.70. The van der Waals surface area contributed by atoms with E-state index in [0.29, 0.717) is 12.8 Å². The lowest BCUT2D eigenvalue weighted by Gasteiger charge is -2.33. The van der Waals surface area contributed by atoms with Crippen LogP contribution in [0.25, 0.3) is 0 Å². The van der Waals surface area contributed by atoms with Crippen molar-refractivity contribution in [1.82, 2.24) is 5.32 Å². The molecular weight excluding hydrogens is 226 g/mol. The lowest BCUT2D eigenvalue weighted by Crippen LogP contribution is -2.57. The fraction of sp³-hybridized carbons (Fsp3) is 0.727. The summed E-state index contributed by atoms with van der Waals surface area (Å²) in [4.78, 5) is 33.8. The number of carboxylic acid groups (broad SMARTS) is 1. The zero-order valence-electron chi connectivity index (χ0n) is 9.82. The van der Waals surface area contributed by atoms with Crippen LogP contribution in [0, 0.1) is 0 Å². The second-order valence-corrected chi connectivity index (χ2v) is 4.12. The largest absolute Gasteiger partial charge is 0.480 e. The molecule has 0 atom stereocenters. The van der Waals surface area contributed by atoms with Crippen molar-refractivity contribution in [2.24, 2.45) is 0 Å². The van der Waals surface area contributed by atoms with Crippen LogP contribution in [0.4, 0.5) is 0 Å². The molecule has 0 spiro atoms. The normalized spacial score (nSPS) is 18.2. The summed E-state index contributed by atoms with van der Waals surface area (Å²) in [6, 6.07) is 0. The van der Waals surface area contributed by atoms with Gasteiger partial charge in [-0.25, -0.2) is 9.59 Å². The van der Waals surface area contributed by atoms with Crippen LogP contribution in [0.3, 0.4) is 0 Å². The van der Waals surface area contributed by atoms with E-state index in [1.807, 2.05) is 0 Å². The molecule has 0 unspecified atom stereocenters. The monoisotopic (exact) mass is 243 g/mol. The highest BCUT2D eigenvalue weighted by Gasteiger charge is 2.42. The average Bonchev–Trinajstić information content (AvgIpc) is 2.30. The van der Waals surface area contributed by atoms with Gasteiger partial charge in [0.15, 0.2) is 0 Å². The van der Waals surface area contributed by atoms with Crippen LogP contribution in [0.1, 0.15) is 39.0 Å². The summed E-state index contributed by atoms with van der Waals surface area (Å²) in [5, 5.41) is 11.5. The third kappa shape index (κ3) is 3.18. The first kappa shape index (κ1) is 13.5. The van der Waals surface area contributed by atoms with Crippen LogP contribution in [0.15, 0.2) is 0 Å². The van der Waals surface area contributed by atoms with Gasteiger partial charge >= 0.3 is 17.8 Å². The number of nitrogens with one attached hydrogen (secondary N) is 1. The van der Waals surface area contributed by atoms with Crippen LogP contribution in [0.2, 0.25) is 0 Å². The van der Waals surface area contributed by atoms with E-state index in [0.717, 1.165) is 19.3 Å². The second kappa shape index (κ2) is 5.65. The standard InChI is InChI=1S/C11H17NO5/c1-2-17-9(14)8(13)12-11(10(15)16)6-4-3-5-7-11/h2-7H2,1H3,(H,12,13)(H,15,16). The van der Waals surface area contributed by atoms with Gasteiger partial charge in [-0.2, -0.15) is 0 Å². The van der Waals surface area contributed by atoms with Crippen LogP contribution >= 0.6 is 0 Å². The van der Waals surface area contributed by atoms with E-state index >= 15 is 0 Å². The number of hydrogen-bond acceptors (Lipinski definition) is 4. The van der Waals surface area contributed by atoms with Crippen molar-refractivity contribution in [3.63, 3.8) is 0 Å². The average molecular weight is 243 g/mol. The molecule has 1 amide bonds. The predicted molar refractivity (Wildman–Crippen MR) is 58.2 cm³/mol. The van der Waals surface area contributed by atoms with Gasteiger partial charge in [0, 0.05) is 0 Å². The number of carbonyl (C=O) groups excluding carboxylic acids is 2. The fourth-order valence-corrected chi connectivity index (χ4v) is 2.01. The number of rotatable bonds is 3. The molecule has 1 saturated carbocycles.